The van der Waals surface area contributed by atoms with Gasteiger partial charge in [-0.15, -0.1) is 11.3 Å². The summed E-state index contributed by atoms with van der Waals surface area (Å²) in [5.74, 6) is -0.730. The summed E-state index contributed by atoms with van der Waals surface area (Å²) in [7, 11) is 3.82. The SMILES string of the molecule is CN(C)c1ncc(C2(C(=O)O)CC2(C)C)s1. The zero-order valence-corrected chi connectivity index (χ0v) is 10.8. The molecule has 0 saturated heterocycles. The zero-order valence-electron chi connectivity index (χ0n) is 9.94. The van der Waals surface area contributed by atoms with Crippen LogP contribution < -0.4 is 4.90 Å². The van der Waals surface area contributed by atoms with Crippen molar-refractivity contribution in [2.75, 3.05) is 19.0 Å². The van der Waals surface area contributed by atoms with E-state index in [1.54, 1.807) is 6.20 Å². The number of anilines is 1. The van der Waals surface area contributed by atoms with Crippen LogP contribution in [-0.2, 0) is 10.2 Å². The van der Waals surface area contributed by atoms with Gasteiger partial charge in [0.25, 0.3) is 0 Å². The second-order valence-corrected chi connectivity index (χ2v) is 6.18. The molecule has 1 N–H and O–H groups in total. The summed E-state index contributed by atoms with van der Waals surface area (Å²) in [4.78, 5) is 18.5. The van der Waals surface area contributed by atoms with Gasteiger partial charge in [-0.1, -0.05) is 13.8 Å². The van der Waals surface area contributed by atoms with Crippen LogP contribution in [0.15, 0.2) is 6.20 Å². The van der Waals surface area contributed by atoms with Crippen molar-refractivity contribution >= 4 is 22.4 Å². The molecule has 0 bridgehead atoms. The van der Waals surface area contributed by atoms with E-state index in [9.17, 15) is 9.90 Å². The Labute approximate surface area is 98.9 Å². The van der Waals surface area contributed by atoms with E-state index in [2.05, 4.69) is 4.98 Å². The molecule has 5 heteroatoms. The number of rotatable bonds is 3. The fourth-order valence-corrected chi connectivity index (χ4v) is 3.38. The molecule has 1 heterocycles. The number of carboxylic acid groups (broad SMARTS) is 1. The molecule has 1 saturated carbocycles. The molecule has 16 heavy (non-hydrogen) atoms. The molecule has 1 atom stereocenters. The summed E-state index contributed by atoms with van der Waals surface area (Å²) < 4.78 is 0. The van der Waals surface area contributed by atoms with Crippen molar-refractivity contribution in [2.24, 2.45) is 5.41 Å². The summed E-state index contributed by atoms with van der Waals surface area (Å²) in [5, 5.41) is 10.3. The van der Waals surface area contributed by atoms with Crippen LogP contribution in [0.5, 0.6) is 0 Å². The van der Waals surface area contributed by atoms with Crippen LogP contribution in [-0.4, -0.2) is 30.2 Å². The third-order valence-electron chi connectivity index (χ3n) is 3.40. The largest absolute Gasteiger partial charge is 0.481 e. The highest BCUT2D eigenvalue weighted by Crippen LogP contribution is 2.65. The summed E-state index contributed by atoms with van der Waals surface area (Å²) in [6, 6.07) is 0. The topological polar surface area (TPSA) is 53.4 Å². The van der Waals surface area contributed by atoms with E-state index in [0.29, 0.717) is 6.42 Å². The van der Waals surface area contributed by atoms with E-state index in [-0.39, 0.29) is 5.41 Å². The molecule has 4 nitrogen and oxygen atoms in total. The predicted octanol–water partition coefficient (Wildman–Crippen LogP) is 1.96. The van der Waals surface area contributed by atoms with Gasteiger partial charge in [0, 0.05) is 25.2 Å². The monoisotopic (exact) mass is 240 g/mol. The molecular formula is C11H16N2O2S. The lowest BCUT2D eigenvalue weighted by molar-refractivity contribution is -0.140. The minimum Gasteiger partial charge on any atom is -0.481 e. The summed E-state index contributed by atoms with van der Waals surface area (Å²) in [6.07, 6.45) is 2.41. The quantitative estimate of drug-likeness (QED) is 0.877. The Morgan fingerprint density at radius 3 is 2.44 bits per heavy atom. The van der Waals surface area contributed by atoms with E-state index >= 15 is 0 Å². The fourth-order valence-electron chi connectivity index (χ4n) is 2.18. The Bertz CT molecular complexity index is 439. The van der Waals surface area contributed by atoms with Gasteiger partial charge in [0.1, 0.15) is 5.41 Å². The van der Waals surface area contributed by atoms with Gasteiger partial charge in [-0.05, 0) is 11.8 Å². The molecule has 0 radical (unpaired) electrons. The number of hydrogen-bond acceptors (Lipinski definition) is 4. The van der Waals surface area contributed by atoms with Gasteiger partial charge in [-0.25, -0.2) is 4.98 Å². The van der Waals surface area contributed by atoms with E-state index in [4.69, 9.17) is 0 Å². The number of thiazole rings is 1. The van der Waals surface area contributed by atoms with Gasteiger partial charge in [-0.3, -0.25) is 4.79 Å². The highest BCUT2D eigenvalue weighted by atomic mass is 32.1. The van der Waals surface area contributed by atoms with Crippen LogP contribution in [0, 0.1) is 5.41 Å². The van der Waals surface area contributed by atoms with Gasteiger partial charge in [0.05, 0.1) is 0 Å². The third-order valence-corrected chi connectivity index (χ3v) is 4.73. The first-order chi connectivity index (χ1) is 7.31. The summed E-state index contributed by atoms with van der Waals surface area (Å²) in [5.41, 5.74) is -0.867. The van der Waals surface area contributed by atoms with Crippen molar-refractivity contribution in [3.63, 3.8) is 0 Å². The Kier molecular flexibility index (Phi) is 2.28. The van der Waals surface area contributed by atoms with Crippen LogP contribution in [0.3, 0.4) is 0 Å². The van der Waals surface area contributed by atoms with Gasteiger partial charge >= 0.3 is 5.97 Å². The van der Waals surface area contributed by atoms with Crippen molar-refractivity contribution in [1.29, 1.82) is 0 Å². The van der Waals surface area contributed by atoms with E-state index in [0.717, 1.165) is 10.0 Å². The van der Waals surface area contributed by atoms with Crippen molar-refractivity contribution in [3.8, 4) is 0 Å². The standard InChI is InChI=1S/C11H16N2O2S/c1-10(2)6-11(10,8(14)15)7-5-12-9(16-7)13(3)4/h5H,6H2,1-4H3,(H,14,15). The van der Waals surface area contributed by atoms with Crippen LogP contribution in [0.1, 0.15) is 25.1 Å². The molecule has 1 aromatic rings. The normalized spacial score (nSPS) is 26.5. The van der Waals surface area contributed by atoms with E-state index in [1.165, 1.54) is 11.3 Å². The maximum atomic E-state index is 11.4. The van der Waals surface area contributed by atoms with Gasteiger partial charge in [0.15, 0.2) is 5.13 Å². The fraction of sp³-hybridized carbons (Fsp3) is 0.636. The second-order valence-electron chi connectivity index (χ2n) is 5.17. The zero-order chi connectivity index (χ0) is 12.1. The van der Waals surface area contributed by atoms with Crippen molar-refractivity contribution < 1.29 is 9.90 Å². The molecule has 1 aliphatic rings. The molecule has 1 unspecified atom stereocenters. The molecule has 0 aromatic carbocycles. The first kappa shape index (κ1) is 11.4. The summed E-state index contributed by atoms with van der Waals surface area (Å²) >= 11 is 1.48. The molecular weight excluding hydrogens is 224 g/mol. The van der Waals surface area contributed by atoms with Crippen LogP contribution in [0.25, 0.3) is 0 Å². The van der Waals surface area contributed by atoms with Gasteiger partial charge in [0.2, 0.25) is 0 Å². The number of aromatic nitrogens is 1. The highest BCUT2D eigenvalue weighted by molar-refractivity contribution is 7.15. The number of carbonyl (C=O) groups is 1. The Hall–Kier alpha value is -1.10. The Balaban J connectivity index is 2.40. The van der Waals surface area contributed by atoms with Crippen molar-refractivity contribution in [2.45, 2.75) is 25.7 Å². The number of nitrogens with zero attached hydrogens (tertiary/aromatic N) is 2. The average Bonchev–Trinajstić information content (AvgIpc) is 2.61. The average molecular weight is 240 g/mol. The maximum absolute atomic E-state index is 11.4. The van der Waals surface area contributed by atoms with Crippen LogP contribution in [0.4, 0.5) is 5.13 Å². The number of carboxylic acids is 1. The molecule has 1 aliphatic carbocycles. The minimum absolute atomic E-state index is 0.158. The Morgan fingerprint density at radius 2 is 2.12 bits per heavy atom. The van der Waals surface area contributed by atoms with E-state index < -0.39 is 11.4 Å². The van der Waals surface area contributed by atoms with Crippen molar-refractivity contribution in [1.82, 2.24) is 4.98 Å². The van der Waals surface area contributed by atoms with Gasteiger partial charge < -0.3 is 10.0 Å². The third kappa shape index (κ3) is 1.34. The number of hydrogen-bond donors (Lipinski definition) is 1. The molecule has 0 amide bonds. The van der Waals surface area contributed by atoms with Crippen molar-refractivity contribution in [3.05, 3.63) is 11.1 Å². The second kappa shape index (κ2) is 3.20. The van der Waals surface area contributed by atoms with E-state index in [1.807, 2.05) is 32.8 Å². The molecule has 1 aromatic heterocycles. The van der Waals surface area contributed by atoms with Gasteiger partial charge in [-0.2, -0.15) is 0 Å². The van der Waals surface area contributed by atoms with Crippen LogP contribution >= 0.6 is 11.3 Å². The lowest BCUT2D eigenvalue weighted by Gasteiger charge is -2.13. The first-order valence-electron chi connectivity index (χ1n) is 5.18. The first-order valence-corrected chi connectivity index (χ1v) is 6.00. The molecule has 88 valence electrons. The summed E-state index contributed by atoms with van der Waals surface area (Å²) in [6.45, 7) is 3.99. The molecule has 0 spiro atoms. The molecule has 1 fully saturated rings. The van der Waals surface area contributed by atoms with Crippen LogP contribution in [0.2, 0.25) is 0 Å². The Morgan fingerprint density at radius 1 is 1.56 bits per heavy atom. The lowest BCUT2D eigenvalue weighted by atomic mass is 9.95. The lowest BCUT2D eigenvalue weighted by Crippen LogP contribution is -2.24. The minimum atomic E-state index is -0.730. The highest BCUT2D eigenvalue weighted by Gasteiger charge is 2.68. The maximum Gasteiger partial charge on any atom is 0.315 e. The number of aliphatic carboxylic acids is 1. The predicted molar refractivity (Wildman–Crippen MR) is 64.2 cm³/mol. The molecule has 0 aliphatic heterocycles. The smallest absolute Gasteiger partial charge is 0.315 e. The molecule has 2 rings (SSSR count).